The van der Waals surface area contributed by atoms with Crippen molar-refractivity contribution in [3.05, 3.63) is 30.0 Å². The van der Waals surface area contributed by atoms with Gasteiger partial charge in [-0.2, -0.15) is 0 Å². The number of carbonyl (C=O) groups excluding carboxylic acids is 10. The molecule has 2 unspecified atom stereocenters. The Morgan fingerprint density at radius 2 is 1.27 bits per heavy atom. The van der Waals surface area contributed by atoms with Crippen LogP contribution in [-0.2, 0) is 54.4 Å². The summed E-state index contributed by atoms with van der Waals surface area (Å²) < 4.78 is 0. The Morgan fingerprint density at radius 3 is 1.88 bits per heavy atom. The number of carbonyl (C=O) groups is 10. The monoisotopic (exact) mass is 1200 g/mol. The quantitative estimate of drug-likeness (QED) is 0.0125. The molecule has 0 aromatic carbocycles. The Morgan fingerprint density at radius 1 is 0.659 bits per heavy atom. The van der Waals surface area contributed by atoms with Gasteiger partial charge in [-0.3, -0.25) is 52.9 Å². The number of imidazole rings is 1. The average Bonchev–Trinajstić information content (AvgIpc) is 4.45. The lowest BCUT2D eigenvalue weighted by Crippen LogP contribution is -2.59. The van der Waals surface area contributed by atoms with Crippen LogP contribution in [0.1, 0.15) is 108 Å². The molecule has 480 valence electrons. The molecular formula is C52H96N22O11. The van der Waals surface area contributed by atoms with Crippen LogP contribution in [0, 0.1) is 0 Å². The summed E-state index contributed by atoms with van der Waals surface area (Å²) >= 11 is 0. The van der Waals surface area contributed by atoms with Crippen molar-refractivity contribution in [3.63, 3.8) is 0 Å². The number of nitrogens with one attached hydrogen (secondary N) is 10. The molecule has 29 N–H and O–H groups in total. The number of aliphatic imine (C=N–C) groups is 1. The number of guanidine groups is 1. The second-order valence-electron chi connectivity index (χ2n) is 20.4. The van der Waals surface area contributed by atoms with Gasteiger partial charge in [-0.1, -0.05) is 12.5 Å². The molecule has 1 aromatic heterocycles. The van der Waals surface area contributed by atoms with Crippen LogP contribution < -0.4 is 99.5 Å². The Labute approximate surface area is 495 Å². The van der Waals surface area contributed by atoms with Crippen molar-refractivity contribution in [3.8, 4) is 0 Å². The van der Waals surface area contributed by atoms with E-state index >= 15 is 0 Å². The lowest BCUT2D eigenvalue weighted by Gasteiger charge is -2.30. The van der Waals surface area contributed by atoms with Gasteiger partial charge in [0.2, 0.25) is 53.2 Å². The highest BCUT2D eigenvalue weighted by Crippen LogP contribution is 2.21. The van der Waals surface area contributed by atoms with Crippen LogP contribution in [0.15, 0.2) is 29.3 Å². The van der Waals surface area contributed by atoms with Gasteiger partial charge in [0.15, 0.2) is 5.96 Å². The maximum Gasteiger partial charge on any atom is 0.268 e. The number of aromatic amines is 1. The number of rotatable bonds is 44. The molecule has 1 fully saturated rings. The summed E-state index contributed by atoms with van der Waals surface area (Å²) in [6, 6.07) is -8.62. The fourth-order valence-corrected chi connectivity index (χ4v) is 8.77. The first-order chi connectivity index (χ1) is 40.7. The highest BCUT2D eigenvalue weighted by molar-refractivity contribution is 6.02. The zero-order valence-electron chi connectivity index (χ0n) is 48.7. The summed E-state index contributed by atoms with van der Waals surface area (Å²) in [5.41, 5.74) is 51.1. The number of aliphatic hydroxyl groups excluding tert-OH is 1. The van der Waals surface area contributed by atoms with Gasteiger partial charge in [0.25, 0.3) is 5.91 Å². The van der Waals surface area contributed by atoms with Gasteiger partial charge in [-0.05, 0) is 129 Å². The van der Waals surface area contributed by atoms with Crippen molar-refractivity contribution in [2.75, 3.05) is 72.0 Å². The number of aromatic nitrogens is 2. The number of aliphatic hydroxyl groups is 1. The third-order valence-corrected chi connectivity index (χ3v) is 13.5. The van der Waals surface area contributed by atoms with Gasteiger partial charge >= 0.3 is 0 Å². The fourth-order valence-electron chi connectivity index (χ4n) is 8.77. The number of nitrogens with zero attached hydrogens (tertiary/aromatic N) is 3. The van der Waals surface area contributed by atoms with Gasteiger partial charge in [0.05, 0.1) is 31.6 Å². The smallest absolute Gasteiger partial charge is 0.268 e. The van der Waals surface area contributed by atoms with Crippen molar-refractivity contribution in [1.29, 1.82) is 0 Å². The largest absolute Gasteiger partial charge is 0.389 e. The zero-order valence-corrected chi connectivity index (χ0v) is 48.7. The lowest BCUT2D eigenvalue weighted by molar-refractivity contribution is -0.142. The topological polar surface area (TPSA) is 578 Å². The van der Waals surface area contributed by atoms with Crippen molar-refractivity contribution in [2.24, 2.45) is 56.6 Å². The summed E-state index contributed by atoms with van der Waals surface area (Å²) in [5, 5.41) is 33.6. The van der Waals surface area contributed by atoms with Gasteiger partial charge < -0.3 is 114 Å². The SMILES string of the molecule is NCCCCNC(=O)[C@H](CCCCN)NC(=O)/C(=C/CCN=C(N)N)NC(=O)[C@H](CCCCN)NC(=O)C(Cc1cnc[nH]1)NC(=O)[C@@H]1CCCN1C(=O)[C@@H](CCCN)NC(=O)CNC(=O)CNC(=O)[C@@H](NC(=O)C(N)CCCCN)[C@@H](O)CN. The number of likely N-dealkylation sites (tertiary alicyclic amines) is 1. The molecule has 0 saturated carbocycles. The molecule has 0 aliphatic carbocycles. The molecule has 1 aromatic rings. The maximum absolute atomic E-state index is 14.5. The minimum absolute atomic E-state index is 0.0307. The third kappa shape index (κ3) is 28.8. The highest BCUT2D eigenvalue weighted by Gasteiger charge is 2.40. The highest BCUT2D eigenvalue weighted by atomic mass is 16.3. The van der Waals surface area contributed by atoms with E-state index in [9.17, 15) is 53.1 Å². The number of hydrogen-bond acceptors (Lipinski definition) is 20. The maximum atomic E-state index is 14.5. The predicted octanol–water partition coefficient (Wildman–Crippen LogP) is -8.11. The summed E-state index contributed by atoms with van der Waals surface area (Å²) in [6.07, 6.45) is 8.25. The van der Waals surface area contributed by atoms with Crippen LogP contribution in [0.25, 0.3) is 0 Å². The number of hydrogen-bond donors (Lipinski definition) is 20. The average molecular weight is 1210 g/mol. The van der Waals surface area contributed by atoms with Crippen molar-refractivity contribution in [2.45, 2.75) is 158 Å². The van der Waals surface area contributed by atoms with E-state index in [1.807, 2.05) is 0 Å². The molecule has 1 aliphatic rings. The van der Waals surface area contributed by atoms with E-state index in [-0.39, 0.29) is 89.2 Å². The van der Waals surface area contributed by atoms with E-state index in [0.717, 1.165) is 0 Å². The van der Waals surface area contributed by atoms with Gasteiger partial charge in [-0.25, -0.2) is 4.98 Å². The Hall–Kier alpha value is -7.40. The Kier molecular flexibility index (Phi) is 36.8. The summed E-state index contributed by atoms with van der Waals surface area (Å²) in [6.45, 7) is 0.258. The molecule has 0 spiro atoms. The third-order valence-electron chi connectivity index (χ3n) is 13.5. The standard InChI is InChI=1S/C52H96N22O11/c53-18-4-1-12-33(59)44(78)73-43(40(75)27-58)50(84)66-29-41(76)65-30-42(77)68-37(15-9-22-57)51(85)74-25-11-17-39(74)49(83)72-38(26-32-28-62-31-67-32)48(82)71-35(14-3-6-20-55)46(80)70-36(16-10-24-64-52(60)61)47(81)69-34(13-2-5-19-54)45(79)63-23-8-7-21-56/h16,28,31,33-35,37-40,43,75H,1-15,17-27,29-30,53-59H2,(H,62,67)(H,63,79)(H,65,76)(H,66,84)(H,68,77)(H,69,81)(H,70,80)(H,71,82)(H,72,83)(H,73,78)(H4,60,61,64)/b36-16-/t33?,34-,35-,37+,38?,39-,40-,43-/m0/s1. The second kappa shape index (κ2) is 42.4. The number of nitrogens with two attached hydrogens (primary N) is 9. The summed E-state index contributed by atoms with van der Waals surface area (Å²) in [7, 11) is 0. The van der Waals surface area contributed by atoms with Crippen LogP contribution in [0.3, 0.4) is 0 Å². The van der Waals surface area contributed by atoms with Gasteiger partial charge in [-0.15, -0.1) is 0 Å². The number of amides is 10. The van der Waals surface area contributed by atoms with E-state index in [2.05, 4.69) is 62.8 Å². The molecule has 8 atom stereocenters. The second-order valence-corrected chi connectivity index (χ2v) is 20.4. The van der Waals surface area contributed by atoms with E-state index in [4.69, 9.17) is 51.6 Å². The molecule has 1 aliphatic heterocycles. The first-order valence-electron chi connectivity index (χ1n) is 29.1. The van der Waals surface area contributed by atoms with Crippen molar-refractivity contribution >= 4 is 65.0 Å². The molecule has 1 saturated heterocycles. The van der Waals surface area contributed by atoms with Crippen LogP contribution >= 0.6 is 0 Å². The van der Waals surface area contributed by atoms with Crippen molar-refractivity contribution < 1.29 is 53.1 Å². The van der Waals surface area contributed by atoms with E-state index in [1.165, 1.54) is 23.5 Å². The molecule has 0 radical (unpaired) electrons. The molecule has 85 heavy (non-hydrogen) atoms. The molecule has 2 heterocycles. The van der Waals surface area contributed by atoms with Crippen LogP contribution in [0.4, 0.5) is 0 Å². The van der Waals surface area contributed by atoms with Crippen molar-refractivity contribution in [1.82, 2.24) is 62.7 Å². The first kappa shape index (κ1) is 73.7. The Bertz CT molecular complexity index is 2310. The van der Waals surface area contributed by atoms with Crippen LogP contribution in [0.2, 0.25) is 0 Å². The number of H-pyrrole nitrogens is 1. The molecule has 2 rings (SSSR count). The van der Waals surface area contributed by atoms with E-state index < -0.39 is 127 Å². The van der Waals surface area contributed by atoms with Gasteiger partial charge in [0, 0.05) is 44.5 Å². The zero-order chi connectivity index (χ0) is 63.1. The number of unbranched alkanes of at least 4 members (excludes halogenated alkanes) is 4. The predicted molar refractivity (Wildman–Crippen MR) is 316 cm³/mol. The molecule has 10 amide bonds. The molecular weight excluding hydrogens is 1110 g/mol. The first-order valence-corrected chi connectivity index (χ1v) is 29.1. The molecule has 33 nitrogen and oxygen atoms in total. The van der Waals surface area contributed by atoms with E-state index in [0.29, 0.717) is 89.7 Å². The molecule has 0 bridgehead atoms. The molecule has 33 heteroatoms. The van der Waals surface area contributed by atoms with E-state index in [1.54, 1.807) is 0 Å². The van der Waals surface area contributed by atoms with Crippen LogP contribution in [0.5, 0.6) is 0 Å². The summed E-state index contributed by atoms with van der Waals surface area (Å²) in [4.78, 5) is 149. The lowest BCUT2D eigenvalue weighted by atomic mass is 10.0. The summed E-state index contributed by atoms with van der Waals surface area (Å²) in [5.74, 6) is -7.82. The van der Waals surface area contributed by atoms with Gasteiger partial charge in [0.1, 0.15) is 41.9 Å². The Balaban J connectivity index is 2.31. The fraction of sp³-hybridized carbons (Fsp3) is 0.692. The van der Waals surface area contributed by atoms with Crippen LogP contribution in [-0.4, -0.2) is 205 Å². The minimum Gasteiger partial charge on any atom is -0.389 e. The minimum atomic E-state index is -1.56. The normalized spacial score (nSPS) is 15.6.